The third kappa shape index (κ3) is 6.69. The van der Waals surface area contributed by atoms with Crippen LogP contribution in [0.3, 0.4) is 0 Å². The summed E-state index contributed by atoms with van der Waals surface area (Å²) < 4.78 is 11.5. The zero-order valence-electron chi connectivity index (χ0n) is 16.2. The van der Waals surface area contributed by atoms with Gasteiger partial charge in [-0.1, -0.05) is 30.7 Å². The molecule has 0 amide bonds. The third-order valence-electron chi connectivity index (χ3n) is 4.86. The van der Waals surface area contributed by atoms with E-state index >= 15 is 0 Å². The second-order valence-corrected chi connectivity index (χ2v) is 7.18. The van der Waals surface area contributed by atoms with Crippen molar-refractivity contribution >= 4 is 17.6 Å². The van der Waals surface area contributed by atoms with Crippen LogP contribution >= 0.6 is 11.6 Å². The van der Waals surface area contributed by atoms with Gasteiger partial charge in [-0.15, -0.1) is 0 Å². The van der Waals surface area contributed by atoms with E-state index < -0.39 is 0 Å². The Labute approximate surface area is 162 Å². The fraction of sp³-hybridized carbons (Fsp3) is 0.650. The molecule has 1 aromatic rings. The van der Waals surface area contributed by atoms with Crippen molar-refractivity contribution in [3.8, 4) is 5.75 Å². The average molecular weight is 382 g/mol. The Morgan fingerprint density at radius 2 is 2.12 bits per heavy atom. The Hall–Kier alpha value is -1.46. The van der Waals surface area contributed by atoms with Crippen molar-refractivity contribution in [1.82, 2.24) is 10.2 Å². The molecule has 5 nitrogen and oxygen atoms in total. The minimum atomic E-state index is 0.0375. The Balaban J connectivity index is 1.79. The van der Waals surface area contributed by atoms with E-state index in [1.165, 1.54) is 19.3 Å². The first-order chi connectivity index (χ1) is 12.6. The van der Waals surface area contributed by atoms with Crippen LogP contribution in [0.4, 0.5) is 0 Å². The molecule has 6 heteroatoms. The van der Waals surface area contributed by atoms with Gasteiger partial charge in [-0.3, -0.25) is 4.99 Å². The van der Waals surface area contributed by atoms with Crippen molar-refractivity contribution in [3.05, 3.63) is 29.3 Å². The standard InChI is InChI=1S/C20H32ClN3O2/c1-4-17(26-19-8-6-5-7-18(19)21)15-23-20(22-2)24(3)12-9-16-10-13-25-14-11-16/h5-8,16-17H,4,9-15H2,1-3H3,(H,22,23). The number of para-hydroxylation sites is 1. The molecule has 0 aliphatic carbocycles. The number of benzene rings is 1. The Morgan fingerprint density at radius 1 is 1.38 bits per heavy atom. The van der Waals surface area contributed by atoms with Crippen LogP contribution in [-0.2, 0) is 4.74 Å². The quantitative estimate of drug-likeness (QED) is 0.549. The molecule has 1 saturated heterocycles. The molecule has 26 heavy (non-hydrogen) atoms. The molecule has 1 aliphatic heterocycles. The summed E-state index contributed by atoms with van der Waals surface area (Å²) in [7, 11) is 3.91. The molecule has 1 heterocycles. The molecular weight excluding hydrogens is 350 g/mol. The van der Waals surface area contributed by atoms with Gasteiger partial charge in [-0.2, -0.15) is 0 Å². The molecule has 1 aliphatic rings. The summed E-state index contributed by atoms with van der Waals surface area (Å²) in [5, 5.41) is 4.07. The maximum Gasteiger partial charge on any atom is 0.193 e. The number of guanidine groups is 1. The molecule has 1 atom stereocenters. The fourth-order valence-electron chi connectivity index (χ4n) is 3.10. The molecule has 1 N–H and O–H groups in total. The number of ether oxygens (including phenoxy) is 2. The van der Waals surface area contributed by atoms with E-state index in [0.29, 0.717) is 11.6 Å². The third-order valence-corrected chi connectivity index (χ3v) is 5.17. The number of hydrogen-bond donors (Lipinski definition) is 1. The van der Waals surface area contributed by atoms with Crippen LogP contribution in [0.1, 0.15) is 32.6 Å². The summed E-state index contributed by atoms with van der Waals surface area (Å²) in [5.74, 6) is 2.39. The first kappa shape index (κ1) is 20.8. The molecular formula is C20H32ClN3O2. The maximum absolute atomic E-state index is 6.19. The summed E-state index contributed by atoms with van der Waals surface area (Å²) in [6, 6.07) is 7.59. The molecule has 0 aromatic heterocycles. The number of nitrogens with zero attached hydrogens (tertiary/aromatic N) is 2. The van der Waals surface area contributed by atoms with Gasteiger partial charge in [0, 0.05) is 33.9 Å². The summed E-state index contributed by atoms with van der Waals surface area (Å²) in [6.07, 6.45) is 4.44. The average Bonchev–Trinajstić information content (AvgIpc) is 2.68. The van der Waals surface area contributed by atoms with Gasteiger partial charge in [0.25, 0.3) is 0 Å². The minimum absolute atomic E-state index is 0.0375. The lowest BCUT2D eigenvalue weighted by molar-refractivity contribution is 0.0625. The van der Waals surface area contributed by atoms with Crippen molar-refractivity contribution in [1.29, 1.82) is 0 Å². The zero-order valence-corrected chi connectivity index (χ0v) is 17.0. The van der Waals surface area contributed by atoms with Crippen LogP contribution in [0.25, 0.3) is 0 Å². The van der Waals surface area contributed by atoms with E-state index in [2.05, 4.69) is 29.2 Å². The SMILES string of the molecule is CCC(CNC(=NC)N(C)CCC1CCOCC1)Oc1ccccc1Cl. The normalized spacial score (nSPS) is 17.0. The largest absolute Gasteiger partial charge is 0.487 e. The van der Waals surface area contributed by atoms with Gasteiger partial charge < -0.3 is 19.7 Å². The lowest BCUT2D eigenvalue weighted by Crippen LogP contribution is -2.44. The fourth-order valence-corrected chi connectivity index (χ4v) is 3.28. The van der Waals surface area contributed by atoms with E-state index in [1.54, 1.807) is 0 Å². The van der Waals surface area contributed by atoms with Gasteiger partial charge >= 0.3 is 0 Å². The van der Waals surface area contributed by atoms with Gasteiger partial charge in [-0.05, 0) is 43.7 Å². The predicted octanol–water partition coefficient (Wildman–Crippen LogP) is 3.82. The summed E-state index contributed by atoms with van der Waals surface area (Å²) in [4.78, 5) is 6.60. The highest BCUT2D eigenvalue weighted by Crippen LogP contribution is 2.24. The van der Waals surface area contributed by atoms with Gasteiger partial charge in [0.2, 0.25) is 0 Å². The monoisotopic (exact) mass is 381 g/mol. The Morgan fingerprint density at radius 3 is 2.77 bits per heavy atom. The highest BCUT2D eigenvalue weighted by Gasteiger charge is 2.16. The lowest BCUT2D eigenvalue weighted by atomic mass is 9.96. The summed E-state index contributed by atoms with van der Waals surface area (Å²) in [6.45, 7) is 5.60. The molecule has 1 unspecified atom stereocenters. The Bertz CT molecular complexity index is 562. The van der Waals surface area contributed by atoms with E-state index in [4.69, 9.17) is 21.1 Å². The molecule has 1 aromatic carbocycles. The summed E-state index contributed by atoms with van der Waals surface area (Å²) in [5.41, 5.74) is 0. The smallest absolute Gasteiger partial charge is 0.193 e. The summed E-state index contributed by atoms with van der Waals surface area (Å²) >= 11 is 6.19. The molecule has 0 spiro atoms. The lowest BCUT2D eigenvalue weighted by Gasteiger charge is -2.28. The van der Waals surface area contributed by atoms with Gasteiger partial charge in [0.15, 0.2) is 5.96 Å². The second kappa shape index (κ2) is 11.3. The minimum Gasteiger partial charge on any atom is -0.487 e. The highest BCUT2D eigenvalue weighted by molar-refractivity contribution is 6.32. The van der Waals surface area contributed by atoms with Crippen molar-refractivity contribution in [3.63, 3.8) is 0 Å². The van der Waals surface area contributed by atoms with Crippen LogP contribution in [0.2, 0.25) is 5.02 Å². The first-order valence-corrected chi connectivity index (χ1v) is 9.92. The molecule has 146 valence electrons. The van der Waals surface area contributed by atoms with Crippen molar-refractivity contribution in [2.75, 3.05) is 40.4 Å². The molecule has 1 fully saturated rings. The number of halogens is 1. The number of hydrogen-bond acceptors (Lipinski definition) is 3. The van der Waals surface area contributed by atoms with Crippen molar-refractivity contribution in [2.45, 2.75) is 38.7 Å². The predicted molar refractivity (Wildman–Crippen MR) is 108 cm³/mol. The van der Waals surface area contributed by atoms with E-state index in [0.717, 1.165) is 43.8 Å². The zero-order chi connectivity index (χ0) is 18.8. The topological polar surface area (TPSA) is 46.1 Å². The van der Waals surface area contributed by atoms with Crippen LogP contribution in [0.15, 0.2) is 29.3 Å². The van der Waals surface area contributed by atoms with Crippen LogP contribution in [0, 0.1) is 5.92 Å². The molecule has 0 radical (unpaired) electrons. The number of rotatable bonds is 8. The molecule has 2 rings (SSSR count). The van der Waals surface area contributed by atoms with Gasteiger partial charge in [0.1, 0.15) is 11.9 Å². The Kier molecular flexibility index (Phi) is 9.06. The van der Waals surface area contributed by atoms with Crippen molar-refractivity contribution in [2.24, 2.45) is 10.9 Å². The molecule has 0 saturated carbocycles. The number of aliphatic imine (C=N–C) groups is 1. The number of nitrogens with one attached hydrogen (secondary N) is 1. The second-order valence-electron chi connectivity index (χ2n) is 6.77. The van der Waals surface area contributed by atoms with Crippen molar-refractivity contribution < 1.29 is 9.47 Å². The van der Waals surface area contributed by atoms with Gasteiger partial charge in [0.05, 0.1) is 11.6 Å². The van der Waals surface area contributed by atoms with Crippen LogP contribution < -0.4 is 10.1 Å². The van der Waals surface area contributed by atoms with E-state index in [9.17, 15) is 0 Å². The molecule has 0 bridgehead atoms. The first-order valence-electron chi connectivity index (χ1n) is 9.54. The van der Waals surface area contributed by atoms with Crippen LogP contribution in [-0.4, -0.2) is 57.4 Å². The van der Waals surface area contributed by atoms with Crippen LogP contribution in [0.5, 0.6) is 5.75 Å². The van der Waals surface area contributed by atoms with Gasteiger partial charge in [-0.25, -0.2) is 0 Å². The van der Waals surface area contributed by atoms with E-state index in [1.807, 2.05) is 31.3 Å². The van der Waals surface area contributed by atoms with E-state index in [-0.39, 0.29) is 6.10 Å². The highest BCUT2D eigenvalue weighted by atomic mass is 35.5. The maximum atomic E-state index is 6.19.